The van der Waals surface area contributed by atoms with E-state index in [1.165, 1.54) is 11.1 Å². The quantitative estimate of drug-likeness (QED) is 0.707. The predicted octanol–water partition coefficient (Wildman–Crippen LogP) is 2.73. The van der Waals surface area contributed by atoms with E-state index in [0.29, 0.717) is 11.8 Å². The molecule has 0 aromatic heterocycles. The minimum atomic E-state index is 0.276. The molecule has 1 aliphatic rings. The molecule has 0 spiro atoms. The Morgan fingerprint density at radius 1 is 1.21 bits per heavy atom. The number of rotatable bonds is 2. The second kappa shape index (κ2) is 3.97. The number of hydrogen-bond acceptors (Lipinski definition) is 1. The molecular weight excluding hydrogens is 172 g/mol. The van der Waals surface area contributed by atoms with Gasteiger partial charge in [0.15, 0.2) is 0 Å². The summed E-state index contributed by atoms with van der Waals surface area (Å²) in [4.78, 5) is 0. The molecule has 0 bridgehead atoms. The Labute approximate surface area is 85.1 Å². The number of benzene rings is 1. The molecule has 1 nitrogen and oxygen atoms in total. The van der Waals surface area contributed by atoms with Crippen LogP contribution in [0, 0.1) is 5.92 Å². The monoisotopic (exact) mass is 188 g/mol. The van der Waals surface area contributed by atoms with Gasteiger partial charge in [-0.1, -0.05) is 42.5 Å². The maximum atomic E-state index is 9.27. The Kier molecular flexibility index (Phi) is 2.69. The highest BCUT2D eigenvalue weighted by atomic mass is 16.3. The van der Waals surface area contributed by atoms with Crippen molar-refractivity contribution in [3.05, 3.63) is 48.0 Å². The van der Waals surface area contributed by atoms with Gasteiger partial charge in [0.25, 0.3) is 0 Å². The second-order valence-electron chi connectivity index (χ2n) is 4.12. The van der Waals surface area contributed by atoms with Crippen LogP contribution in [0.15, 0.2) is 42.5 Å². The van der Waals surface area contributed by atoms with Gasteiger partial charge in [-0.3, -0.25) is 0 Å². The Morgan fingerprint density at radius 3 is 2.57 bits per heavy atom. The highest BCUT2D eigenvalue weighted by molar-refractivity contribution is 5.26. The summed E-state index contributed by atoms with van der Waals surface area (Å²) in [6.07, 6.45) is 2.02. The van der Waals surface area contributed by atoms with E-state index in [-0.39, 0.29) is 6.61 Å². The van der Waals surface area contributed by atoms with Crippen LogP contribution in [0.2, 0.25) is 0 Å². The van der Waals surface area contributed by atoms with Crippen LogP contribution in [0.3, 0.4) is 0 Å². The average molecular weight is 188 g/mol. The van der Waals surface area contributed by atoms with Gasteiger partial charge in [-0.05, 0) is 30.2 Å². The van der Waals surface area contributed by atoms with Crippen molar-refractivity contribution in [2.24, 2.45) is 5.92 Å². The van der Waals surface area contributed by atoms with E-state index < -0.39 is 0 Å². The molecule has 1 N–H and O–H groups in total. The molecule has 2 unspecified atom stereocenters. The number of allylic oxidation sites excluding steroid dienone is 1. The van der Waals surface area contributed by atoms with Crippen molar-refractivity contribution < 1.29 is 5.11 Å². The lowest BCUT2D eigenvalue weighted by Crippen LogP contribution is -2.10. The topological polar surface area (TPSA) is 20.2 Å². The predicted molar refractivity (Wildman–Crippen MR) is 58.1 cm³/mol. The number of aliphatic hydroxyl groups excluding tert-OH is 1. The fourth-order valence-electron chi connectivity index (χ4n) is 2.36. The van der Waals surface area contributed by atoms with Gasteiger partial charge in [0.1, 0.15) is 0 Å². The van der Waals surface area contributed by atoms with Crippen LogP contribution in [0.25, 0.3) is 0 Å². The molecule has 2 rings (SSSR count). The van der Waals surface area contributed by atoms with Crippen molar-refractivity contribution in [1.82, 2.24) is 0 Å². The SMILES string of the molecule is C=C1CC(CO)C(c2ccccc2)C1. The Bertz CT molecular complexity index is 315. The van der Waals surface area contributed by atoms with Crippen LogP contribution in [0.5, 0.6) is 0 Å². The molecule has 1 saturated carbocycles. The first-order valence-corrected chi connectivity index (χ1v) is 5.13. The van der Waals surface area contributed by atoms with Crippen LogP contribution < -0.4 is 0 Å². The zero-order chi connectivity index (χ0) is 9.97. The van der Waals surface area contributed by atoms with Gasteiger partial charge in [0, 0.05) is 6.61 Å². The highest BCUT2D eigenvalue weighted by Gasteiger charge is 2.29. The molecule has 0 saturated heterocycles. The van der Waals surface area contributed by atoms with Crippen LogP contribution in [0.4, 0.5) is 0 Å². The number of hydrogen-bond donors (Lipinski definition) is 1. The van der Waals surface area contributed by atoms with Gasteiger partial charge in [-0.15, -0.1) is 0 Å². The molecule has 14 heavy (non-hydrogen) atoms. The highest BCUT2D eigenvalue weighted by Crippen LogP contribution is 2.41. The minimum Gasteiger partial charge on any atom is -0.396 e. The summed E-state index contributed by atoms with van der Waals surface area (Å²) in [5.74, 6) is 0.860. The first-order chi connectivity index (χ1) is 6.81. The summed E-state index contributed by atoms with van der Waals surface area (Å²) in [6.45, 7) is 4.29. The third-order valence-electron chi connectivity index (χ3n) is 3.09. The third kappa shape index (κ3) is 1.73. The van der Waals surface area contributed by atoms with E-state index in [4.69, 9.17) is 0 Å². The maximum Gasteiger partial charge on any atom is 0.0468 e. The zero-order valence-corrected chi connectivity index (χ0v) is 8.32. The first-order valence-electron chi connectivity index (χ1n) is 5.13. The standard InChI is InChI=1S/C13H16O/c1-10-7-12(9-14)13(8-10)11-5-3-2-4-6-11/h2-6,12-14H,1,7-9H2. The lowest BCUT2D eigenvalue weighted by molar-refractivity contribution is 0.218. The van der Waals surface area contributed by atoms with Crippen LogP contribution in [-0.4, -0.2) is 11.7 Å². The van der Waals surface area contributed by atoms with E-state index in [9.17, 15) is 5.11 Å². The van der Waals surface area contributed by atoms with E-state index in [2.05, 4.69) is 30.8 Å². The normalized spacial score (nSPS) is 26.8. The van der Waals surface area contributed by atoms with Crippen molar-refractivity contribution in [1.29, 1.82) is 0 Å². The van der Waals surface area contributed by atoms with Gasteiger partial charge in [-0.25, -0.2) is 0 Å². The molecule has 0 aliphatic heterocycles. The van der Waals surface area contributed by atoms with Gasteiger partial charge in [0.2, 0.25) is 0 Å². The summed E-state index contributed by atoms with van der Waals surface area (Å²) < 4.78 is 0. The van der Waals surface area contributed by atoms with Gasteiger partial charge >= 0.3 is 0 Å². The largest absolute Gasteiger partial charge is 0.396 e. The molecule has 1 fully saturated rings. The van der Waals surface area contributed by atoms with E-state index in [1.807, 2.05) is 6.07 Å². The van der Waals surface area contributed by atoms with Gasteiger partial charge < -0.3 is 5.11 Å². The third-order valence-corrected chi connectivity index (χ3v) is 3.09. The fourth-order valence-corrected chi connectivity index (χ4v) is 2.36. The van der Waals surface area contributed by atoms with Crippen molar-refractivity contribution in [3.8, 4) is 0 Å². The lowest BCUT2D eigenvalue weighted by Gasteiger charge is -2.16. The first kappa shape index (κ1) is 9.47. The molecule has 74 valence electrons. The summed E-state index contributed by atoms with van der Waals surface area (Å²) in [6, 6.07) is 10.4. The molecular formula is C13H16O. The smallest absolute Gasteiger partial charge is 0.0468 e. The number of aliphatic hydroxyl groups is 1. The van der Waals surface area contributed by atoms with E-state index in [0.717, 1.165) is 12.8 Å². The zero-order valence-electron chi connectivity index (χ0n) is 8.32. The van der Waals surface area contributed by atoms with Crippen molar-refractivity contribution in [2.75, 3.05) is 6.61 Å². The van der Waals surface area contributed by atoms with Gasteiger partial charge in [0.05, 0.1) is 0 Å². The molecule has 2 atom stereocenters. The van der Waals surface area contributed by atoms with Crippen molar-refractivity contribution in [3.63, 3.8) is 0 Å². The van der Waals surface area contributed by atoms with Crippen molar-refractivity contribution >= 4 is 0 Å². The Morgan fingerprint density at radius 2 is 1.93 bits per heavy atom. The van der Waals surface area contributed by atoms with Crippen LogP contribution in [-0.2, 0) is 0 Å². The van der Waals surface area contributed by atoms with Crippen molar-refractivity contribution in [2.45, 2.75) is 18.8 Å². The Hall–Kier alpha value is -1.08. The molecule has 1 aromatic rings. The minimum absolute atomic E-state index is 0.276. The molecule has 0 amide bonds. The molecule has 1 heteroatoms. The maximum absolute atomic E-state index is 9.27. The fraction of sp³-hybridized carbons (Fsp3) is 0.385. The van der Waals surface area contributed by atoms with E-state index in [1.54, 1.807) is 0 Å². The van der Waals surface area contributed by atoms with E-state index >= 15 is 0 Å². The molecule has 0 heterocycles. The molecule has 1 aromatic carbocycles. The van der Waals surface area contributed by atoms with Crippen LogP contribution >= 0.6 is 0 Å². The summed E-state index contributed by atoms with van der Waals surface area (Å²) in [5.41, 5.74) is 2.61. The summed E-state index contributed by atoms with van der Waals surface area (Å²) in [5, 5.41) is 9.27. The summed E-state index contributed by atoms with van der Waals surface area (Å²) in [7, 11) is 0. The lowest BCUT2D eigenvalue weighted by atomic mass is 9.89. The van der Waals surface area contributed by atoms with Gasteiger partial charge in [-0.2, -0.15) is 0 Å². The van der Waals surface area contributed by atoms with Crippen LogP contribution in [0.1, 0.15) is 24.3 Å². The molecule has 0 radical (unpaired) electrons. The second-order valence-corrected chi connectivity index (χ2v) is 4.12. The Balaban J connectivity index is 2.22. The summed E-state index contributed by atoms with van der Waals surface area (Å²) >= 11 is 0. The molecule has 1 aliphatic carbocycles. The average Bonchev–Trinajstić information content (AvgIpc) is 2.61.